The minimum absolute atomic E-state index is 0.518. The highest BCUT2D eigenvalue weighted by atomic mass is 32.1. The Hall–Kier alpha value is -3.32. The lowest BCUT2D eigenvalue weighted by Crippen LogP contribution is -2.02. The molecule has 0 aliphatic carbocycles. The number of rotatable bonds is 4. The fourth-order valence-electron chi connectivity index (χ4n) is 3.15. The first-order chi connectivity index (χ1) is 13.3. The summed E-state index contributed by atoms with van der Waals surface area (Å²) in [6.45, 7) is 0.518. The summed E-state index contributed by atoms with van der Waals surface area (Å²) in [5.41, 5.74) is 3.76. The Bertz CT molecular complexity index is 1210. The van der Waals surface area contributed by atoms with Crippen LogP contribution in [0.3, 0.4) is 0 Å². The van der Waals surface area contributed by atoms with E-state index in [-0.39, 0.29) is 0 Å². The van der Waals surface area contributed by atoms with Crippen molar-refractivity contribution in [2.24, 2.45) is 15.4 Å². The third-order valence-corrected chi connectivity index (χ3v) is 5.48. The molecular weight excluding hydrogens is 358 g/mol. The molecule has 0 unspecified atom stereocenters. The Morgan fingerprint density at radius 3 is 2.70 bits per heavy atom. The zero-order chi connectivity index (χ0) is 18.2. The third-order valence-electron chi connectivity index (χ3n) is 4.53. The van der Waals surface area contributed by atoms with Crippen molar-refractivity contribution in [1.29, 1.82) is 0 Å². The molecule has 2 aromatic carbocycles. The number of nitrogens with one attached hydrogen (secondary N) is 1. The molecule has 0 saturated heterocycles. The minimum atomic E-state index is 0.518. The Kier molecular flexibility index (Phi) is 3.79. The summed E-state index contributed by atoms with van der Waals surface area (Å²) in [5, 5.41) is 19.5. The highest BCUT2D eigenvalue weighted by Crippen LogP contribution is 2.35. The third kappa shape index (κ3) is 2.82. The number of hydrogen-bond acceptors (Lipinski definition) is 7. The molecule has 0 bridgehead atoms. The van der Waals surface area contributed by atoms with Gasteiger partial charge in [0.1, 0.15) is 18.1 Å². The van der Waals surface area contributed by atoms with Gasteiger partial charge in [-0.05, 0) is 47.0 Å². The van der Waals surface area contributed by atoms with Gasteiger partial charge in [0.05, 0.1) is 18.3 Å². The van der Waals surface area contributed by atoms with Gasteiger partial charge >= 0.3 is 0 Å². The van der Waals surface area contributed by atoms with Crippen LogP contribution < -0.4 is 10.1 Å². The maximum absolute atomic E-state index is 5.23. The van der Waals surface area contributed by atoms with Gasteiger partial charge in [0.15, 0.2) is 0 Å². The molecule has 1 N–H and O–H groups in total. The van der Waals surface area contributed by atoms with Gasteiger partial charge in [0.2, 0.25) is 0 Å². The molecule has 5 rings (SSSR count). The van der Waals surface area contributed by atoms with Crippen LogP contribution in [0.5, 0.6) is 5.75 Å². The molecule has 0 amide bonds. The van der Waals surface area contributed by atoms with Gasteiger partial charge in [-0.2, -0.15) is 5.11 Å². The summed E-state index contributed by atoms with van der Waals surface area (Å²) in [6, 6.07) is 16.2. The normalized spacial score (nSPS) is 13.3. The SMILES string of the molecule is COc1ccc(Nc2nc3cc(C4=NN=NC4)ccc3c3sccc23)cc1. The predicted molar refractivity (Wildman–Crippen MR) is 110 cm³/mol. The molecule has 0 atom stereocenters. The lowest BCUT2D eigenvalue weighted by atomic mass is 10.1. The molecule has 6 nitrogen and oxygen atoms in total. The van der Waals surface area contributed by atoms with Gasteiger partial charge in [0.25, 0.3) is 0 Å². The average molecular weight is 373 g/mol. The number of benzene rings is 2. The van der Waals surface area contributed by atoms with Crippen LogP contribution in [-0.4, -0.2) is 24.4 Å². The molecule has 3 heterocycles. The predicted octanol–water partition coefficient (Wildman–Crippen LogP) is 5.37. The molecule has 0 saturated carbocycles. The number of thiophene rings is 1. The highest BCUT2D eigenvalue weighted by molar-refractivity contribution is 7.18. The van der Waals surface area contributed by atoms with Crippen LogP contribution in [0, 0.1) is 0 Å². The molecule has 0 spiro atoms. The molecule has 1 aliphatic rings. The van der Waals surface area contributed by atoms with Crippen molar-refractivity contribution < 1.29 is 4.74 Å². The summed E-state index contributed by atoms with van der Waals surface area (Å²) in [5.74, 6) is 1.66. The second-order valence-corrected chi connectivity index (χ2v) is 7.06. The molecule has 4 aromatic rings. The van der Waals surface area contributed by atoms with E-state index in [9.17, 15) is 0 Å². The summed E-state index contributed by atoms with van der Waals surface area (Å²) < 4.78 is 6.44. The zero-order valence-electron chi connectivity index (χ0n) is 14.5. The average Bonchev–Trinajstić information content (AvgIpc) is 3.40. The van der Waals surface area contributed by atoms with Crippen molar-refractivity contribution in [1.82, 2.24) is 4.98 Å². The van der Waals surface area contributed by atoms with Crippen molar-refractivity contribution in [2.75, 3.05) is 19.0 Å². The van der Waals surface area contributed by atoms with E-state index >= 15 is 0 Å². The van der Waals surface area contributed by atoms with Crippen LogP contribution in [0.15, 0.2) is 69.3 Å². The first-order valence-electron chi connectivity index (χ1n) is 8.47. The first-order valence-corrected chi connectivity index (χ1v) is 9.35. The van der Waals surface area contributed by atoms with Crippen LogP contribution >= 0.6 is 11.3 Å². The number of fused-ring (bicyclic) bond motifs is 3. The number of hydrogen-bond donors (Lipinski definition) is 1. The Morgan fingerprint density at radius 2 is 1.93 bits per heavy atom. The fourth-order valence-corrected chi connectivity index (χ4v) is 4.08. The van der Waals surface area contributed by atoms with Crippen LogP contribution in [0.4, 0.5) is 11.5 Å². The van der Waals surface area contributed by atoms with E-state index in [1.165, 1.54) is 4.70 Å². The van der Waals surface area contributed by atoms with E-state index in [1.54, 1.807) is 18.4 Å². The Balaban J connectivity index is 1.62. The van der Waals surface area contributed by atoms with Crippen molar-refractivity contribution in [3.05, 3.63) is 59.5 Å². The van der Waals surface area contributed by atoms with Crippen molar-refractivity contribution >= 4 is 49.5 Å². The van der Waals surface area contributed by atoms with E-state index in [4.69, 9.17) is 9.72 Å². The van der Waals surface area contributed by atoms with Crippen LogP contribution in [0.25, 0.3) is 21.0 Å². The standard InChI is InChI=1S/C20H15N5OS/c1-26-14-5-3-13(4-6-14)22-20-16-8-9-27-19(16)15-7-2-12(10-17(15)23-20)18-11-21-25-24-18/h2-10H,11H2,1H3,(H,22,23). The number of nitrogens with zero attached hydrogens (tertiary/aromatic N) is 4. The Morgan fingerprint density at radius 1 is 1.04 bits per heavy atom. The maximum atomic E-state index is 5.23. The summed E-state index contributed by atoms with van der Waals surface area (Å²) in [6.07, 6.45) is 0. The zero-order valence-corrected chi connectivity index (χ0v) is 15.3. The fraction of sp³-hybridized carbons (Fsp3) is 0.100. The molecule has 0 radical (unpaired) electrons. The summed E-state index contributed by atoms with van der Waals surface area (Å²) in [4.78, 5) is 4.89. The van der Waals surface area contributed by atoms with Gasteiger partial charge in [0, 0.05) is 26.7 Å². The van der Waals surface area contributed by atoms with Gasteiger partial charge in [-0.25, -0.2) is 4.98 Å². The van der Waals surface area contributed by atoms with Gasteiger partial charge in [-0.3, -0.25) is 0 Å². The summed E-state index contributed by atoms with van der Waals surface area (Å²) >= 11 is 1.72. The number of anilines is 2. The van der Waals surface area contributed by atoms with Crippen LogP contribution in [-0.2, 0) is 0 Å². The Labute approximate surface area is 159 Å². The molecular formula is C20H15N5OS. The quantitative estimate of drug-likeness (QED) is 0.522. The topological polar surface area (TPSA) is 71.2 Å². The van der Waals surface area contributed by atoms with E-state index in [0.29, 0.717) is 6.54 Å². The number of ether oxygens (including phenoxy) is 1. The minimum Gasteiger partial charge on any atom is -0.497 e. The van der Waals surface area contributed by atoms with Crippen molar-refractivity contribution in [3.63, 3.8) is 0 Å². The van der Waals surface area contributed by atoms with Gasteiger partial charge in [-0.1, -0.05) is 12.1 Å². The smallest absolute Gasteiger partial charge is 0.139 e. The van der Waals surface area contributed by atoms with Gasteiger partial charge in [-0.15, -0.1) is 16.4 Å². The largest absolute Gasteiger partial charge is 0.497 e. The summed E-state index contributed by atoms with van der Waals surface area (Å²) in [7, 11) is 1.66. The van der Waals surface area contributed by atoms with E-state index in [2.05, 4.69) is 50.4 Å². The van der Waals surface area contributed by atoms with E-state index < -0.39 is 0 Å². The molecule has 1 aliphatic heterocycles. The molecule has 2 aromatic heterocycles. The van der Waals surface area contributed by atoms with Crippen molar-refractivity contribution in [2.45, 2.75) is 0 Å². The second kappa shape index (κ2) is 6.44. The first kappa shape index (κ1) is 15.9. The molecule has 132 valence electrons. The number of aromatic nitrogens is 1. The van der Waals surface area contributed by atoms with Crippen LogP contribution in [0.2, 0.25) is 0 Å². The van der Waals surface area contributed by atoms with Gasteiger partial charge < -0.3 is 10.1 Å². The monoisotopic (exact) mass is 373 g/mol. The van der Waals surface area contributed by atoms with E-state index in [1.807, 2.05) is 24.3 Å². The second-order valence-electron chi connectivity index (χ2n) is 6.14. The highest BCUT2D eigenvalue weighted by Gasteiger charge is 2.13. The maximum Gasteiger partial charge on any atom is 0.139 e. The van der Waals surface area contributed by atoms with E-state index in [0.717, 1.165) is 44.8 Å². The number of pyridine rings is 1. The molecule has 0 fully saturated rings. The van der Waals surface area contributed by atoms with Crippen molar-refractivity contribution in [3.8, 4) is 5.75 Å². The number of methoxy groups -OCH3 is 1. The molecule has 27 heavy (non-hydrogen) atoms. The van der Waals surface area contributed by atoms with Crippen LogP contribution in [0.1, 0.15) is 5.56 Å². The lowest BCUT2D eigenvalue weighted by molar-refractivity contribution is 0.415. The lowest BCUT2D eigenvalue weighted by Gasteiger charge is -2.11. The molecule has 7 heteroatoms.